The standard InChI is InChI=1S/C17H22N2O3/c1-17-9-5-8-12(17)10-19(14(17)15(18)21)16(22)13(20)11-6-3-2-4-7-11/h2-4,6-7,12-14,20H,5,8-10H2,1H3,(H2,18,21)/t12-,13+,14+,17-/m0/s1. The average molecular weight is 302 g/mol. The number of carbonyl (C=O) groups is 2. The van der Waals surface area contributed by atoms with Crippen LogP contribution in [0.25, 0.3) is 0 Å². The molecule has 0 unspecified atom stereocenters. The molecule has 5 nitrogen and oxygen atoms in total. The van der Waals surface area contributed by atoms with Crippen molar-refractivity contribution in [3.05, 3.63) is 35.9 Å². The monoisotopic (exact) mass is 302 g/mol. The van der Waals surface area contributed by atoms with Crippen molar-refractivity contribution in [2.75, 3.05) is 6.54 Å². The number of rotatable bonds is 3. The second-order valence-corrected chi connectivity index (χ2v) is 6.70. The van der Waals surface area contributed by atoms with Gasteiger partial charge in [-0.3, -0.25) is 9.59 Å². The maximum absolute atomic E-state index is 12.7. The fourth-order valence-electron chi connectivity index (χ4n) is 4.25. The highest BCUT2D eigenvalue weighted by molar-refractivity contribution is 5.90. The van der Waals surface area contributed by atoms with Crippen LogP contribution in [0, 0.1) is 11.3 Å². The molecule has 1 aliphatic carbocycles. The van der Waals surface area contributed by atoms with E-state index >= 15 is 0 Å². The van der Waals surface area contributed by atoms with E-state index in [0.29, 0.717) is 12.1 Å². The Morgan fingerprint density at radius 1 is 1.36 bits per heavy atom. The van der Waals surface area contributed by atoms with Crippen molar-refractivity contribution in [1.29, 1.82) is 0 Å². The first kappa shape index (κ1) is 15.0. The molecule has 1 saturated carbocycles. The lowest BCUT2D eigenvalue weighted by Crippen LogP contribution is -2.51. The molecule has 4 atom stereocenters. The van der Waals surface area contributed by atoms with E-state index in [0.717, 1.165) is 19.3 Å². The number of benzene rings is 1. The molecule has 0 spiro atoms. The molecule has 5 heteroatoms. The summed E-state index contributed by atoms with van der Waals surface area (Å²) < 4.78 is 0. The summed E-state index contributed by atoms with van der Waals surface area (Å²) >= 11 is 0. The van der Waals surface area contributed by atoms with Crippen molar-refractivity contribution in [1.82, 2.24) is 4.90 Å². The highest BCUT2D eigenvalue weighted by atomic mass is 16.3. The van der Waals surface area contributed by atoms with Crippen LogP contribution < -0.4 is 5.73 Å². The van der Waals surface area contributed by atoms with Crippen LogP contribution in [-0.2, 0) is 9.59 Å². The number of amides is 2. The zero-order valence-corrected chi connectivity index (χ0v) is 12.7. The molecule has 2 aliphatic rings. The van der Waals surface area contributed by atoms with Gasteiger partial charge in [0.25, 0.3) is 5.91 Å². The van der Waals surface area contributed by atoms with Gasteiger partial charge in [0.1, 0.15) is 6.04 Å². The number of hydrogen-bond donors (Lipinski definition) is 2. The second-order valence-electron chi connectivity index (χ2n) is 6.70. The number of hydrogen-bond acceptors (Lipinski definition) is 3. The van der Waals surface area contributed by atoms with E-state index in [9.17, 15) is 14.7 Å². The largest absolute Gasteiger partial charge is 0.378 e. The Bertz CT molecular complexity index is 589. The Hall–Kier alpha value is -1.88. The van der Waals surface area contributed by atoms with E-state index in [1.807, 2.05) is 13.0 Å². The first-order valence-electron chi connectivity index (χ1n) is 7.78. The number of aliphatic hydroxyl groups excluding tert-OH is 1. The molecule has 1 aliphatic heterocycles. The van der Waals surface area contributed by atoms with Crippen LogP contribution in [0.2, 0.25) is 0 Å². The van der Waals surface area contributed by atoms with E-state index in [-0.39, 0.29) is 11.3 Å². The number of primary amides is 1. The normalized spacial score (nSPS) is 31.8. The quantitative estimate of drug-likeness (QED) is 0.880. The van der Waals surface area contributed by atoms with Crippen LogP contribution in [-0.4, -0.2) is 34.4 Å². The molecule has 0 aromatic heterocycles. The van der Waals surface area contributed by atoms with Gasteiger partial charge < -0.3 is 15.7 Å². The summed E-state index contributed by atoms with van der Waals surface area (Å²) in [6, 6.07) is 8.18. The molecule has 3 rings (SSSR count). The van der Waals surface area contributed by atoms with Gasteiger partial charge in [-0.05, 0) is 24.3 Å². The zero-order valence-electron chi connectivity index (χ0n) is 12.7. The van der Waals surface area contributed by atoms with Gasteiger partial charge >= 0.3 is 0 Å². The van der Waals surface area contributed by atoms with Crippen molar-refractivity contribution in [2.45, 2.75) is 38.3 Å². The summed E-state index contributed by atoms with van der Waals surface area (Å²) in [7, 11) is 0. The van der Waals surface area contributed by atoms with Crippen molar-refractivity contribution in [3.8, 4) is 0 Å². The lowest BCUT2D eigenvalue weighted by molar-refractivity contribution is -0.146. The Morgan fingerprint density at radius 3 is 2.68 bits per heavy atom. The van der Waals surface area contributed by atoms with Gasteiger partial charge in [0.15, 0.2) is 6.10 Å². The van der Waals surface area contributed by atoms with Crippen LogP contribution in [0.15, 0.2) is 30.3 Å². The van der Waals surface area contributed by atoms with Gasteiger partial charge in [-0.1, -0.05) is 43.7 Å². The van der Waals surface area contributed by atoms with Crippen LogP contribution in [0.5, 0.6) is 0 Å². The third-order valence-electron chi connectivity index (χ3n) is 5.46. The minimum absolute atomic E-state index is 0.252. The predicted molar refractivity (Wildman–Crippen MR) is 81.5 cm³/mol. The van der Waals surface area contributed by atoms with E-state index in [1.54, 1.807) is 24.3 Å². The Kier molecular flexibility index (Phi) is 3.68. The maximum Gasteiger partial charge on any atom is 0.256 e. The Labute approximate surface area is 130 Å². The molecule has 1 aromatic carbocycles. The van der Waals surface area contributed by atoms with Crippen molar-refractivity contribution in [3.63, 3.8) is 0 Å². The Morgan fingerprint density at radius 2 is 2.05 bits per heavy atom. The molecule has 2 fully saturated rings. The molecule has 3 N–H and O–H groups in total. The number of fused-ring (bicyclic) bond motifs is 1. The number of carbonyl (C=O) groups excluding carboxylic acids is 2. The highest BCUT2D eigenvalue weighted by Crippen LogP contribution is 2.52. The molecule has 0 bridgehead atoms. The van der Waals surface area contributed by atoms with Crippen LogP contribution in [0.1, 0.15) is 37.9 Å². The number of nitrogens with two attached hydrogens (primary N) is 1. The number of nitrogens with zero attached hydrogens (tertiary/aromatic N) is 1. The summed E-state index contributed by atoms with van der Waals surface area (Å²) in [6.07, 6.45) is 1.72. The molecule has 118 valence electrons. The maximum atomic E-state index is 12.7. The molecule has 2 amide bonds. The smallest absolute Gasteiger partial charge is 0.256 e. The lowest BCUT2D eigenvalue weighted by atomic mass is 9.77. The van der Waals surface area contributed by atoms with Crippen molar-refractivity contribution in [2.24, 2.45) is 17.1 Å². The van der Waals surface area contributed by atoms with Crippen molar-refractivity contribution >= 4 is 11.8 Å². The summed E-state index contributed by atoms with van der Waals surface area (Å²) in [4.78, 5) is 26.2. The third kappa shape index (κ3) is 2.20. The third-order valence-corrected chi connectivity index (χ3v) is 5.46. The number of aliphatic hydroxyl groups is 1. The molecule has 1 aromatic rings. The van der Waals surface area contributed by atoms with Gasteiger partial charge in [0.2, 0.25) is 5.91 Å². The molecule has 1 heterocycles. The summed E-state index contributed by atoms with van der Waals surface area (Å²) in [6.45, 7) is 2.55. The first-order valence-corrected chi connectivity index (χ1v) is 7.78. The Balaban J connectivity index is 1.87. The summed E-state index contributed by atoms with van der Waals surface area (Å²) in [5, 5.41) is 10.4. The van der Waals surface area contributed by atoms with E-state index < -0.39 is 24.0 Å². The fraction of sp³-hybridized carbons (Fsp3) is 0.529. The van der Waals surface area contributed by atoms with E-state index in [4.69, 9.17) is 5.73 Å². The average Bonchev–Trinajstić information content (AvgIpc) is 2.99. The topological polar surface area (TPSA) is 83.6 Å². The fourth-order valence-corrected chi connectivity index (χ4v) is 4.25. The molecular weight excluding hydrogens is 280 g/mol. The van der Waals surface area contributed by atoms with Gasteiger partial charge in [-0.25, -0.2) is 0 Å². The van der Waals surface area contributed by atoms with Crippen molar-refractivity contribution < 1.29 is 14.7 Å². The first-order chi connectivity index (χ1) is 10.4. The number of likely N-dealkylation sites (tertiary alicyclic amines) is 1. The van der Waals surface area contributed by atoms with Gasteiger partial charge in [0.05, 0.1) is 0 Å². The zero-order chi connectivity index (χ0) is 15.9. The van der Waals surface area contributed by atoms with Crippen LogP contribution in [0.4, 0.5) is 0 Å². The van der Waals surface area contributed by atoms with Crippen LogP contribution >= 0.6 is 0 Å². The summed E-state index contributed by atoms with van der Waals surface area (Å²) in [5.74, 6) is -0.608. The van der Waals surface area contributed by atoms with Gasteiger partial charge in [0, 0.05) is 12.0 Å². The predicted octanol–water partition coefficient (Wildman–Crippen LogP) is 1.22. The minimum atomic E-state index is -1.24. The SMILES string of the molecule is C[C@]12CCC[C@H]1CN(C(=O)[C@H](O)c1ccccc1)[C@@H]2C(N)=O. The minimum Gasteiger partial charge on any atom is -0.378 e. The molecular formula is C17H22N2O3. The summed E-state index contributed by atoms with van der Waals surface area (Å²) in [5.41, 5.74) is 5.88. The molecule has 22 heavy (non-hydrogen) atoms. The molecule has 0 radical (unpaired) electrons. The van der Waals surface area contributed by atoms with E-state index in [2.05, 4.69) is 0 Å². The second kappa shape index (κ2) is 5.39. The lowest BCUT2D eigenvalue weighted by Gasteiger charge is -2.33. The molecule has 1 saturated heterocycles. The van der Waals surface area contributed by atoms with Gasteiger partial charge in [-0.15, -0.1) is 0 Å². The van der Waals surface area contributed by atoms with E-state index in [1.165, 1.54) is 4.90 Å². The van der Waals surface area contributed by atoms with Gasteiger partial charge in [-0.2, -0.15) is 0 Å². The van der Waals surface area contributed by atoms with Crippen LogP contribution in [0.3, 0.4) is 0 Å². The highest BCUT2D eigenvalue weighted by Gasteiger charge is 2.57.